The van der Waals surface area contributed by atoms with Crippen molar-refractivity contribution in [3.63, 3.8) is 0 Å². The lowest BCUT2D eigenvalue weighted by Crippen LogP contribution is -2.37. The minimum Gasteiger partial charge on any atom is -0.302 e. The summed E-state index contributed by atoms with van der Waals surface area (Å²) in [5, 5.41) is 0. The molecule has 4 rings (SSSR count). The summed E-state index contributed by atoms with van der Waals surface area (Å²) in [4.78, 5) is 10.9. The average molecular weight is 302 g/mol. The quantitative estimate of drug-likeness (QED) is 0.835. The maximum absolute atomic E-state index is 4.26. The molecular weight excluding hydrogens is 286 g/mol. The molecule has 0 amide bonds. The number of hydrogen-bond donors (Lipinski definition) is 0. The highest BCUT2D eigenvalue weighted by atomic mass is 79.9. The van der Waals surface area contributed by atoms with E-state index in [1.807, 2.05) is 6.20 Å². The molecule has 88 valence electrons. The Morgan fingerprint density at radius 2 is 2.12 bits per heavy atom. The first-order valence-corrected chi connectivity index (χ1v) is 7.49. The van der Waals surface area contributed by atoms with Gasteiger partial charge in [-0.15, -0.1) is 11.3 Å². The van der Waals surface area contributed by atoms with Crippen LogP contribution in [0, 0.1) is 0 Å². The van der Waals surface area contributed by atoms with E-state index in [0.29, 0.717) is 0 Å². The second-order valence-corrected chi connectivity index (χ2v) is 7.01. The highest BCUT2D eigenvalue weighted by Gasteiger charge is 2.28. The summed E-state index contributed by atoms with van der Waals surface area (Å²) < 4.78 is 1.00. The first-order valence-electron chi connectivity index (χ1n) is 5.88. The van der Waals surface area contributed by atoms with E-state index in [2.05, 4.69) is 30.7 Å². The van der Waals surface area contributed by atoms with Gasteiger partial charge in [-0.1, -0.05) is 0 Å². The average Bonchev–Trinajstić information content (AvgIpc) is 2.51. The van der Waals surface area contributed by atoms with Crippen molar-refractivity contribution < 1.29 is 0 Å². The largest absolute Gasteiger partial charge is 0.302 e. The molecule has 3 saturated heterocycles. The summed E-state index contributed by atoms with van der Waals surface area (Å²) in [5.74, 6) is 0. The lowest BCUT2D eigenvalue weighted by molar-refractivity contribution is 0.178. The molecule has 16 heavy (non-hydrogen) atoms. The normalized spacial score (nSPS) is 30.6. The molecule has 3 nitrogen and oxygen atoms in total. The summed E-state index contributed by atoms with van der Waals surface area (Å²) >= 11 is 5.20. The molecule has 0 saturated carbocycles. The van der Waals surface area contributed by atoms with Crippen LogP contribution in [-0.4, -0.2) is 47.0 Å². The van der Waals surface area contributed by atoms with Crippen molar-refractivity contribution in [1.82, 2.24) is 14.8 Å². The minimum atomic E-state index is 0.805. The summed E-state index contributed by atoms with van der Waals surface area (Å²) in [6.45, 7) is 6.15. The maximum Gasteiger partial charge on any atom is 0.159 e. The van der Waals surface area contributed by atoms with Crippen molar-refractivity contribution in [3.8, 4) is 0 Å². The zero-order chi connectivity index (χ0) is 11.0. The summed E-state index contributed by atoms with van der Waals surface area (Å²) in [5.41, 5.74) is 0. The Hall–Kier alpha value is 0.0300. The van der Waals surface area contributed by atoms with Crippen LogP contribution in [0.15, 0.2) is 10.1 Å². The van der Waals surface area contributed by atoms with Crippen LogP contribution in [0.4, 0.5) is 0 Å². The molecule has 0 unspecified atom stereocenters. The van der Waals surface area contributed by atoms with Gasteiger partial charge in [0.05, 0.1) is 0 Å². The fourth-order valence-corrected chi connectivity index (χ4v) is 4.11. The van der Waals surface area contributed by atoms with Crippen molar-refractivity contribution in [3.05, 3.63) is 15.0 Å². The number of nitrogens with zero attached hydrogens (tertiary/aromatic N) is 3. The fourth-order valence-electron chi connectivity index (χ4n) is 2.73. The van der Waals surface area contributed by atoms with Gasteiger partial charge in [-0.05, 0) is 41.9 Å². The van der Waals surface area contributed by atoms with Crippen LogP contribution in [-0.2, 0) is 6.54 Å². The van der Waals surface area contributed by atoms with Gasteiger partial charge in [0.2, 0.25) is 0 Å². The molecule has 1 aromatic rings. The van der Waals surface area contributed by atoms with Gasteiger partial charge in [0.1, 0.15) is 0 Å². The molecule has 0 radical (unpaired) electrons. The van der Waals surface area contributed by atoms with Crippen LogP contribution >= 0.6 is 27.3 Å². The van der Waals surface area contributed by atoms with Crippen molar-refractivity contribution in [2.45, 2.75) is 25.4 Å². The first kappa shape index (κ1) is 11.1. The van der Waals surface area contributed by atoms with Crippen molar-refractivity contribution in [1.29, 1.82) is 0 Å². The zero-order valence-corrected chi connectivity index (χ0v) is 11.6. The molecule has 3 fully saturated rings. The fraction of sp³-hybridized carbons (Fsp3) is 0.727. The van der Waals surface area contributed by atoms with Crippen molar-refractivity contribution in [2.24, 2.45) is 0 Å². The standard InChI is InChI=1S/C11H16BrN3S/c12-11-13-7-10(16-11)8-15-6-5-14-3-1-9(15)2-4-14/h7,9H,1-6,8H2. The third-order valence-electron chi connectivity index (χ3n) is 3.66. The van der Waals surface area contributed by atoms with Crippen LogP contribution in [0.1, 0.15) is 17.7 Å². The topological polar surface area (TPSA) is 19.4 Å². The number of hydrogen-bond acceptors (Lipinski definition) is 4. The monoisotopic (exact) mass is 301 g/mol. The van der Waals surface area contributed by atoms with Crippen LogP contribution in [0.3, 0.4) is 0 Å². The highest BCUT2D eigenvalue weighted by Crippen LogP contribution is 2.25. The molecule has 0 aromatic carbocycles. The van der Waals surface area contributed by atoms with Crippen LogP contribution in [0.25, 0.3) is 0 Å². The van der Waals surface area contributed by atoms with Crippen molar-refractivity contribution in [2.75, 3.05) is 26.2 Å². The van der Waals surface area contributed by atoms with E-state index in [0.717, 1.165) is 16.5 Å². The number of piperidine rings is 1. The molecule has 2 bridgehead atoms. The van der Waals surface area contributed by atoms with E-state index in [-0.39, 0.29) is 0 Å². The molecule has 0 spiro atoms. The molecule has 3 aliphatic rings. The van der Waals surface area contributed by atoms with Gasteiger partial charge >= 0.3 is 0 Å². The Morgan fingerprint density at radius 3 is 2.81 bits per heavy atom. The Balaban J connectivity index is 1.69. The van der Waals surface area contributed by atoms with Gasteiger partial charge < -0.3 is 4.90 Å². The van der Waals surface area contributed by atoms with Crippen LogP contribution in [0.2, 0.25) is 0 Å². The van der Waals surface area contributed by atoms with E-state index in [1.165, 1.54) is 43.9 Å². The lowest BCUT2D eigenvalue weighted by atomic mass is 10.1. The SMILES string of the molecule is Brc1ncc(CN2CCN3CCC2CC3)s1. The van der Waals surface area contributed by atoms with Crippen LogP contribution in [0.5, 0.6) is 0 Å². The van der Waals surface area contributed by atoms with Gasteiger partial charge in [-0.25, -0.2) is 4.98 Å². The third kappa shape index (κ3) is 2.32. The first-order chi connectivity index (χ1) is 7.81. The molecular formula is C11H16BrN3S. The Morgan fingerprint density at radius 1 is 1.31 bits per heavy atom. The number of fused-ring (bicyclic) bond motifs is 4. The number of thiazole rings is 1. The zero-order valence-electron chi connectivity index (χ0n) is 9.23. The number of aromatic nitrogens is 1. The predicted molar refractivity (Wildman–Crippen MR) is 69.7 cm³/mol. The molecule has 4 heterocycles. The van der Waals surface area contributed by atoms with Gasteiger partial charge in [0.25, 0.3) is 0 Å². The number of rotatable bonds is 2. The van der Waals surface area contributed by atoms with Gasteiger partial charge in [0.15, 0.2) is 3.92 Å². The van der Waals surface area contributed by atoms with E-state index in [4.69, 9.17) is 0 Å². The maximum atomic E-state index is 4.26. The third-order valence-corrected chi connectivity index (χ3v) is 5.12. The number of halogens is 1. The lowest BCUT2D eigenvalue weighted by Gasteiger charge is -2.30. The van der Waals surface area contributed by atoms with Gasteiger partial charge in [-0.3, -0.25) is 4.90 Å². The molecule has 3 aliphatic heterocycles. The minimum absolute atomic E-state index is 0.805. The smallest absolute Gasteiger partial charge is 0.159 e. The summed E-state index contributed by atoms with van der Waals surface area (Å²) in [7, 11) is 0. The van der Waals surface area contributed by atoms with E-state index >= 15 is 0 Å². The van der Waals surface area contributed by atoms with Gasteiger partial charge in [0, 0.05) is 36.8 Å². The van der Waals surface area contributed by atoms with E-state index in [9.17, 15) is 0 Å². The second kappa shape index (κ2) is 4.72. The van der Waals surface area contributed by atoms with E-state index in [1.54, 1.807) is 11.3 Å². The Bertz CT molecular complexity index is 360. The molecule has 5 heteroatoms. The Kier molecular flexibility index (Phi) is 3.29. The predicted octanol–water partition coefficient (Wildman–Crippen LogP) is 2.19. The van der Waals surface area contributed by atoms with Crippen molar-refractivity contribution >= 4 is 27.3 Å². The van der Waals surface area contributed by atoms with Crippen LogP contribution < -0.4 is 0 Å². The molecule has 0 atom stereocenters. The summed E-state index contributed by atoms with van der Waals surface area (Å²) in [6, 6.07) is 0.805. The molecule has 0 N–H and O–H groups in total. The summed E-state index contributed by atoms with van der Waals surface area (Å²) in [6.07, 6.45) is 4.70. The van der Waals surface area contributed by atoms with E-state index < -0.39 is 0 Å². The molecule has 0 aliphatic carbocycles. The van der Waals surface area contributed by atoms with Gasteiger partial charge in [-0.2, -0.15) is 0 Å². The highest BCUT2D eigenvalue weighted by molar-refractivity contribution is 9.11. The molecule has 1 aromatic heterocycles. The Labute approximate surface area is 109 Å². The second-order valence-electron chi connectivity index (χ2n) is 4.62.